The lowest BCUT2D eigenvalue weighted by atomic mass is 9.78. The van der Waals surface area contributed by atoms with Crippen molar-refractivity contribution >= 4 is 11.9 Å². The first kappa shape index (κ1) is 20.8. The Bertz CT molecular complexity index is 963. The highest BCUT2D eigenvalue weighted by Gasteiger charge is 2.72. The molecular weight excluding hydrogens is 394 g/mol. The van der Waals surface area contributed by atoms with Gasteiger partial charge in [0, 0.05) is 5.56 Å². The first-order chi connectivity index (χ1) is 13.5. The van der Waals surface area contributed by atoms with E-state index in [0.29, 0.717) is 0 Å². The Balaban J connectivity index is 2.22. The molecule has 2 aromatic rings. The molecule has 0 spiro atoms. The second-order valence-electron chi connectivity index (χ2n) is 6.49. The van der Waals surface area contributed by atoms with E-state index in [9.17, 15) is 43.9 Å². The van der Waals surface area contributed by atoms with Gasteiger partial charge in [-0.15, -0.1) is 0 Å². The molecule has 154 valence electrons. The molecule has 0 aliphatic carbocycles. The van der Waals surface area contributed by atoms with Crippen molar-refractivity contribution in [3.05, 3.63) is 70.8 Å². The molecule has 2 aromatic carbocycles. The van der Waals surface area contributed by atoms with Crippen LogP contribution < -0.4 is 0 Å². The number of halogens is 2. The average molecular weight is 410 g/mol. The molecule has 3 rings (SSSR count). The van der Waals surface area contributed by atoms with Gasteiger partial charge in [-0.2, -0.15) is 8.78 Å². The summed E-state index contributed by atoms with van der Waals surface area (Å²) in [6, 6.07) is 9.20. The minimum atomic E-state index is -4.43. The summed E-state index contributed by atoms with van der Waals surface area (Å²) < 4.78 is 34.5. The smallest absolute Gasteiger partial charge is 0.336 e. The average Bonchev–Trinajstić information content (AvgIpc) is 2.88. The molecule has 10 heteroatoms. The van der Waals surface area contributed by atoms with Crippen molar-refractivity contribution in [2.45, 2.75) is 30.0 Å². The van der Waals surface area contributed by atoms with E-state index < -0.39 is 58.7 Å². The summed E-state index contributed by atoms with van der Waals surface area (Å²) in [7, 11) is 0. The monoisotopic (exact) mass is 410 g/mol. The van der Waals surface area contributed by atoms with Gasteiger partial charge in [0.2, 0.25) is 6.29 Å². The Labute approximate surface area is 162 Å². The summed E-state index contributed by atoms with van der Waals surface area (Å²) in [5.41, 5.74) is -5.78. The van der Waals surface area contributed by atoms with Crippen LogP contribution in [0.5, 0.6) is 0 Å². The summed E-state index contributed by atoms with van der Waals surface area (Å²) in [6.45, 7) is 0. The summed E-state index contributed by atoms with van der Waals surface area (Å²) in [4.78, 5) is 22.9. The maximum absolute atomic E-state index is 14.9. The van der Waals surface area contributed by atoms with Gasteiger partial charge in [-0.05, 0) is 17.7 Å². The molecule has 0 bridgehead atoms. The Kier molecular flexibility index (Phi) is 5.13. The number of benzene rings is 2. The fourth-order valence-corrected chi connectivity index (χ4v) is 3.45. The number of rotatable bonds is 5. The topological polar surface area (TPSA) is 145 Å². The van der Waals surface area contributed by atoms with Crippen LogP contribution in [0.1, 0.15) is 37.9 Å². The number of alkyl halides is 2. The van der Waals surface area contributed by atoms with Crippen LogP contribution in [-0.2, 0) is 10.3 Å². The number of carboxylic acids is 2. The van der Waals surface area contributed by atoms with E-state index in [0.717, 1.165) is 24.3 Å². The lowest BCUT2D eigenvalue weighted by Gasteiger charge is -2.36. The van der Waals surface area contributed by atoms with Crippen molar-refractivity contribution < 1.29 is 48.6 Å². The van der Waals surface area contributed by atoms with Gasteiger partial charge < -0.3 is 30.3 Å². The van der Waals surface area contributed by atoms with E-state index >= 15 is 0 Å². The van der Waals surface area contributed by atoms with Crippen LogP contribution in [0.2, 0.25) is 0 Å². The Morgan fingerprint density at radius 1 is 0.966 bits per heavy atom. The van der Waals surface area contributed by atoms with Gasteiger partial charge >= 0.3 is 17.9 Å². The fraction of sp³-hybridized carbons (Fsp3) is 0.263. The molecule has 8 nitrogen and oxygen atoms in total. The van der Waals surface area contributed by atoms with Crippen molar-refractivity contribution in [2.75, 3.05) is 0 Å². The van der Waals surface area contributed by atoms with Gasteiger partial charge in [0.25, 0.3) is 0 Å². The first-order valence-corrected chi connectivity index (χ1v) is 8.30. The molecule has 1 aliphatic heterocycles. The molecule has 5 N–H and O–H groups in total. The van der Waals surface area contributed by atoms with Gasteiger partial charge in [0.15, 0.2) is 5.60 Å². The molecule has 0 saturated carbocycles. The molecule has 0 amide bonds. The number of aromatic carboxylic acids is 2. The van der Waals surface area contributed by atoms with Crippen molar-refractivity contribution in [3.8, 4) is 0 Å². The number of hydrogen-bond donors (Lipinski definition) is 5. The lowest BCUT2D eigenvalue weighted by molar-refractivity contribution is -0.224. The largest absolute Gasteiger partial charge is 0.478 e. The fourth-order valence-electron chi connectivity index (χ4n) is 3.45. The van der Waals surface area contributed by atoms with E-state index in [1.165, 1.54) is 24.3 Å². The van der Waals surface area contributed by atoms with Crippen LogP contribution in [0.3, 0.4) is 0 Å². The Morgan fingerprint density at radius 2 is 1.48 bits per heavy atom. The zero-order valence-electron chi connectivity index (χ0n) is 14.6. The molecule has 1 saturated heterocycles. The summed E-state index contributed by atoms with van der Waals surface area (Å²) in [5, 5.41) is 50.0. The molecule has 1 fully saturated rings. The SMILES string of the molecule is O=C(O)c1ccccc1[C@H](O)[C@H]1O[C@H](O)C(F)(F)[C@@]1(O)c1ccccc1C(=O)O. The molecule has 0 unspecified atom stereocenters. The highest BCUT2D eigenvalue weighted by molar-refractivity contribution is 5.90. The van der Waals surface area contributed by atoms with Crippen LogP contribution in [0, 0.1) is 0 Å². The van der Waals surface area contributed by atoms with E-state index in [-0.39, 0.29) is 5.56 Å². The maximum atomic E-state index is 14.9. The molecule has 0 aromatic heterocycles. The van der Waals surface area contributed by atoms with E-state index in [1.807, 2.05) is 0 Å². The van der Waals surface area contributed by atoms with E-state index in [4.69, 9.17) is 4.74 Å². The second-order valence-corrected chi connectivity index (χ2v) is 6.49. The number of carbonyl (C=O) groups is 2. The van der Waals surface area contributed by atoms with Crippen molar-refractivity contribution in [2.24, 2.45) is 0 Å². The van der Waals surface area contributed by atoms with Gasteiger partial charge in [-0.1, -0.05) is 36.4 Å². The molecule has 1 aliphatic rings. The van der Waals surface area contributed by atoms with Crippen molar-refractivity contribution in [1.82, 2.24) is 0 Å². The van der Waals surface area contributed by atoms with E-state index in [2.05, 4.69) is 0 Å². The molecule has 1 heterocycles. The standard InChI is InChI=1S/C19H16F2O8/c20-19(21)17(27)29-14(13(22)9-5-1-2-6-10(9)15(23)24)18(19,28)12-8-4-3-7-11(12)16(25)26/h1-8,13-14,17,22,27-28H,(H,23,24)(H,25,26)/t13-,14+,17-,18+/m0/s1. The molecule has 29 heavy (non-hydrogen) atoms. The Hall–Kier alpha value is -2.92. The van der Waals surface area contributed by atoms with Crippen LogP contribution in [0.25, 0.3) is 0 Å². The number of hydrogen-bond acceptors (Lipinski definition) is 6. The lowest BCUT2D eigenvalue weighted by Crippen LogP contribution is -2.53. The van der Waals surface area contributed by atoms with Crippen molar-refractivity contribution in [1.29, 1.82) is 0 Å². The van der Waals surface area contributed by atoms with Gasteiger partial charge in [0.1, 0.15) is 12.2 Å². The second kappa shape index (κ2) is 7.16. The summed E-state index contributed by atoms with van der Waals surface area (Å²) in [6.07, 6.45) is -7.31. The normalized spacial score (nSPS) is 26.8. The maximum Gasteiger partial charge on any atom is 0.336 e. The minimum absolute atomic E-state index is 0.360. The van der Waals surface area contributed by atoms with Crippen molar-refractivity contribution in [3.63, 3.8) is 0 Å². The third-order valence-electron chi connectivity index (χ3n) is 4.87. The van der Waals surface area contributed by atoms with Gasteiger partial charge in [0.05, 0.1) is 11.1 Å². The summed E-state index contributed by atoms with van der Waals surface area (Å²) in [5.74, 6) is -7.53. The highest BCUT2D eigenvalue weighted by Crippen LogP contribution is 2.54. The van der Waals surface area contributed by atoms with Crippen LogP contribution in [0.15, 0.2) is 48.5 Å². The molecule has 4 atom stereocenters. The number of aliphatic hydroxyl groups is 3. The minimum Gasteiger partial charge on any atom is -0.478 e. The van der Waals surface area contributed by atoms with Crippen LogP contribution in [0.4, 0.5) is 8.78 Å². The predicted molar refractivity (Wildman–Crippen MR) is 91.5 cm³/mol. The highest BCUT2D eigenvalue weighted by atomic mass is 19.3. The van der Waals surface area contributed by atoms with Gasteiger partial charge in [-0.3, -0.25) is 0 Å². The third-order valence-corrected chi connectivity index (χ3v) is 4.87. The summed E-state index contributed by atoms with van der Waals surface area (Å²) >= 11 is 0. The molecular formula is C19H16F2O8. The Morgan fingerprint density at radius 3 is 2.07 bits per heavy atom. The predicted octanol–water partition coefficient (Wildman–Crippen LogP) is 1.36. The number of carboxylic acid groups (broad SMARTS) is 2. The quantitative estimate of drug-likeness (QED) is 0.497. The van der Waals surface area contributed by atoms with Crippen LogP contribution >= 0.6 is 0 Å². The van der Waals surface area contributed by atoms with Crippen LogP contribution in [-0.4, -0.2) is 55.8 Å². The first-order valence-electron chi connectivity index (χ1n) is 8.30. The number of aliphatic hydroxyl groups excluding tert-OH is 2. The van der Waals surface area contributed by atoms with Gasteiger partial charge in [-0.25, -0.2) is 9.59 Å². The molecule has 0 radical (unpaired) electrons. The zero-order chi connectivity index (χ0) is 21.6. The van der Waals surface area contributed by atoms with E-state index in [1.54, 1.807) is 0 Å². The number of ether oxygens (including phenoxy) is 1. The zero-order valence-corrected chi connectivity index (χ0v) is 14.6. The third kappa shape index (κ3) is 3.06.